The Morgan fingerprint density at radius 2 is 1.62 bits per heavy atom. The van der Waals surface area contributed by atoms with Crippen molar-refractivity contribution in [3.63, 3.8) is 0 Å². The highest BCUT2D eigenvalue weighted by Gasteiger charge is 2.45. The van der Waals surface area contributed by atoms with Gasteiger partial charge in [-0.25, -0.2) is 8.42 Å². The SMILES string of the molecule is O=S1(=O)CCN(c2ccc(/C([O-])=N/S(=O)(=O)C(F)(F)F)cc2)CC1. The van der Waals surface area contributed by atoms with E-state index in [1.54, 1.807) is 4.90 Å². The molecule has 24 heavy (non-hydrogen) atoms. The van der Waals surface area contributed by atoms with Crippen LogP contribution >= 0.6 is 0 Å². The second-order valence-electron chi connectivity index (χ2n) is 5.00. The lowest BCUT2D eigenvalue weighted by molar-refractivity contribution is -0.212. The van der Waals surface area contributed by atoms with Crippen LogP contribution in [0.1, 0.15) is 5.56 Å². The van der Waals surface area contributed by atoms with Crippen molar-refractivity contribution in [1.29, 1.82) is 0 Å². The Morgan fingerprint density at radius 3 is 2.08 bits per heavy atom. The van der Waals surface area contributed by atoms with Crippen LogP contribution in [0.15, 0.2) is 28.7 Å². The highest BCUT2D eigenvalue weighted by atomic mass is 32.2. The molecular formula is C12H12F3N2O5S2-. The quantitative estimate of drug-likeness (QED) is 0.530. The third-order valence-electron chi connectivity index (χ3n) is 3.32. The number of rotatable bonds is 3. The Balaban J connectivity index is 2.18. The Morgan fingerprint density at radius 1 is 1.12 bits per heavy atom. The smallest absolute Gasteiger partial charge is 0.518 e. The first-order chi connectivity index (χ1) is 10.9. The fourth-order valence-corrected chi connectivity index (χ4v) is 3.63. The minimum atomic E-state index is -5.89. The Kier molecular flexibility index (Phi) is 4.81. The normalized spacial score (nSPS) is 19.3. The summed E-state index contributed by atoms with van der Waals surface area (Å²) in [6, 6.07) is 5.05. The standard InChI is InChI=1S/C12H13F3N2O5S2/c13-12(14,15)24(21,22)16-11(18)9-1-3-10(4-2-9)17-5-7-23(19,20)8-6-17/h1-4H,5-8H2,(H,16,18)/p-1. The van der Waals surface area contributed by atoms with E-state index in [1.807, 2.05) is 0 Å². The van der Waals surface area contributed by atoms with Gasteiger partial charge in [0.1, 0.15) is 0 Å². The van der Waals surface area contributed by atoms with Crippen molar-refractivity contribution in [3.8, 4) is 0 Å². The maximum absolute atomic E-state index is 12.2. The summed E-state index contributed by atoms with van der Waals surface area (Å²) in [5, 5.41) is 11.5. The van der Waals surface area contributed by atoms with E-state index in [4.69, 9.17) is 0 Å². The molecule has 0 unspecified atom stereocenters. The summed E-state index contributed by atoms with van der Waals surface area (Å²) in [7, 11) is -8.95. The first kappa shape index (κ1) is 18.5. The van der Waals surface area contributed by atoms with Gasteiger partial charge < -0.3 is 10.0 Å². The van der Waals surface area contributed by atoms with Gasteiger partial charge in [-0.3, -0.25) is 0 Å². The van der Waals surface area contributed by atoms with Gasteiger partial charge >= 0.3 is 15.5 Å². The van der Waals surface area contributed by atoms with E-state index >= 15 is 0 Å². The van der Waals surface area contributed by atoms with E-state index in [0.29, 0.717) is 5.69 Å². The molecule has 1 aromatic rings. The summed E-state index contributed by atoms with van der Waals surface area (Å²) >= 11 is 0. The van der Waals surface area contributed by atoms with Crippen molar-refractivity contribution < 1.29 is 35.1 Å². The number of hydrogen-bond acceptors (Lipinski definition) is 6. The zero-order valence-electron chi connectivity index (χ0n) is 12.0. The second-order valence-corrected chi connectivity index (χ2v) is 8.90. The van der Waals surface area contributed by atoms with Gasteiger partial charge in [0.25, 0.3) is 0 Å². The molecule has 0 atom stereocenters. The number of alkyl halides is 3. The molecule has 0 spiro atoms. The molecule has 0 bridgehead atoms. The summed E-state index contributed by atoms with van der Waals surface area (Å²) in [6.45, 7) is 0.505. The topological polar surface area (TPSA) is 107 Å². The van der Waals surface area contributed by atoms with Crippen molar-refractivity contribution in [3.05, 3.63) is 29.8 Å². The number of anilines is 1. The van der Waals surface area contributed by atoms with Crippen molar-refractivity contribution in [2.45, 2.75) is 5.51 Å². The molecule has 1 aromatic carbocycles. The minimum Gasteiger partial charge on any atom is -0.858 e. The number of nitrogens with zero attached hydrogens (tertiary/aromatic N) is 2. The minimum absolute atomic E-state index is 0.0210. The summed E-state index contributed by atoms with van der Waals surface area (Å²) in [5.74, 6) is -1.57. The highest BCUT2D eigenvalue weighted by molar-refractivity contribution is 7.91. The van der Waals surface area contributed by atoms with E-state index in [0.717, 1.165) is 12.1 Å². The molecule has 0 N–H and O–H groups in total. The number of benzene rings is 1. The lowest BCUT2D eigenvalue weighted by Crippen LogP contribution is -2.40. The molecule has 0 aromatic heterocycles. The van der Waals surface area contributed by atoms with Gasteiger partial charge in [0.15, 0.2) is 9.84 Å². The molecule has 1 aliphatic heterocycles. The molecule has 0 amide bonds. The van der Waals surface area contributed by atoms with Gasteiger partial charge in [0.2, 0.25) is 0 Å². The Bertz CT molecular complexity index is 832. The Labute approximate surface area is 136 Å². The highest BCUT2D eigenvalue weighted by Crippen LogP contribution is 2.25. The number of hydrogen-bond donors (Lipinski definition) is 0. The van der Waals surface area contributed by atoms with Crippen LogP contribution in [-0.2, 0) is 19.9 Å². The summed E-state index contributed by atoms with van der Waals surface area (Å²) < 4.78 is 83.2. The maximum atomic E-state index is 12.2. The molecule has 0 aliphatic carbocycles. The molecule has 1 fully saturated rings. The third kappa shape index (κ3) is 4.17. The molecule has 134 valence electrons. The molecule has 1 heterocycles. The molecule has 0 radical (unpaired) electrons. The molecule has 1 saturated heterocycles. The number of halogens is 3. The van der Waals surface area contributed by atoms with Gasteiger partial charge in [-0.1, -0.05) is 12.1 Å². The first-order valence-corrected chi connectivity index (χ1v) is 9.81. The average molecular weight is 385 g/mol. The van der Waals surface area contributed by atoms with Crippen LogP contribution in [0.3, 0.4) is 0 Å². The van der Waals surface area contributed by atoms with Crippen molar-refractivity contribution >= 4 is 31.4 Å². The predicted octanol–water partition coefficient (Wildman–Crippen LogP) is -0.122. The maximum Gasteiger partial charge on any atom is 0.518 e. The van der Waals surface area contributed by atoms with Crippen LogP contribution in [0.25, 0.3) is 0 Å². The molecule has 0 saturated carbocycles. The van der Waals surface area contributed by atoms with Crippen LogP contribution < -0.4 is 10.0 Å². The van der Waals surface area contributed by atoms with Crippen LogP contribution in [0.5, 0.6) is 0 Å². The van der Waals surface area contributed by atoms with E-state index in [9.17, 15) is 35.1 Å². The largest absolute Gasteiger partial charge is 0.858 e. The monoisotopic (exact) mass is 385 g/mol. The van der Waals surface area contributed by atoms with Crippen LogP contribution in [0.4, 0.5) is 18.9 Å². The van der Waals surface area contributed by atoms with Gasteiger partial charge in [-0.15, -0.1) is 0 Å². The third-order valence-corrected chi connectivity index (χ3v) is 5.92. The second kappa shape index (κ2) is 6.24. The molecule has 7 nitrogen and oxygen atoms in total. The lowest BCUT2D eigenvalue weighted by atomic mass is 10.2. The van der Waals surface area contributed by atoms with Gasteiger partial charge in [-0.05, 0) is 17.7 Å². The fourth-order valence-electron chi connectivity index (χ4n) is 2.00. The van der Waals surface area contributed by atoms with E-state index < -0.39 is 31.3 Å². The number of sulfone groups is 1. The van der Waals surface area contributed by atoms with E-state index in [2.05, 4.69) is 4.40 Å². The lowest BCUT2D eigenvalue weighted by Gasteiger charge is -2.29. The van der Waals surface area contributed by atoms with Gasteiger partial charge in [0, 0.05) is 24.7 Å². The summed E-state index contributed by atoms with van der Waals surface area (Å²) in [5.41, 5.74) is -5.39. The molecule has 2 rings (SSSR count). The van der Waals surface area contributed by atoms with Gasteiger partial charge in [0.05, 0.1) is 11.5 Å². The number of sulfonamides is 1. The average Bonchev–Trinajstić information content (AvgIpc) is 2.46. The predicted molar refractivity (Wildman–Crippen MR) is 78.8 cm³/mol. The van der Waals surface area contributed by atoms with Crippen molar-refractivity contribution in [1.82, 2.24) is 0 Å². The molecular weight excluding hydrogens is 373 g/mol. The fraction of sp³-hybridized carbons (Fsp3) is 0.417. The zero-order chi connectivity index (χ0) is 18.2. The summed E-state index contributed by atoms with van der Waals surface area (Å²) in [6.07, 6.45) is 0. The van der Waals surface area contributed by atoms with Crippen molar-refractivity contribution in [2.75, 3.05) is 29.5 Å². The zero-order valence-corrected chi connectivity index (χ0v) is 13.7. The summed E-state index contributed by atoms with van der Waals surface area (Å²) in [4.78, 5) is 1.74. The van der Waals surface area contributed by atoms with Gasteiger partial charge in [-0.2, -0.15) is 26.0 Å². The van der Waals surface area contributed by atoms with Crippen molar-refractivity contribution in [2.24, 2.45) is 4.40 Å². The van der Waals surface area contributed by atoms with Crippen LogP contribution in [0.2, 0.25) is 0 Å². The van der Waals surface area contributed by atoms with Crippen LogP contribution in [-0.4, -0.2) is 52.8 Å². The molecule has 1 aliphatic rings. The molecule has 12 heteroatoms. The van der Waals surface area contributed by atoms with E-state index in [1.165, 1.54) is 12.1 Å². The van der Waals surface area contributed by atoms with E-state index in [-0.39, 0.29) is 30.2 Å². The first-order valence-electron chi connectivity index (χ1n) is 6.55. The van der Waals surface area contributed by atoms with Crippen LogP contribution in [0, 0.1) is 0 Å². The Hall–Kier alpha value is -1.82.